The van der Waals surface area contributed by atoms with Gasteiger partial charge in [0.2, 0.25) is 5.91 Å². The fourth-order valence-electron chi connectivity index (χ4n) is 3.72. The number of nitrogens with one attached hydrogen (secondary N) is 2. The molecule has 2 heterocycles. The summed E-state index contributed by atoms with van der Waals surface area (Å²) in [6.45, 7) is 5.48. The van der Waals surface area contributed by atoms with Crippen molar-refractivity contribution in [3.05, 3.63) is 69.4 Å². The summed E-state index contributed by atoms with van der Waals surface area (Å²) in [5, 5.41) is 21.1. The van der Waals surface area contributed by atoms with Gasteiger partial charge in [-0.25, -0.2) is 4.68 Å². The average Bonchev–Trinajstić information content (AvgIpc) is 3.18. The maximum Gasteiger partial charge on any atom is 0.274 e. The van der Waals surface area contributed by atoms with E-state index in [0.717, 1.165) is 22.4 Å². The second-order valence-corrected chi connectivity index (χ2v) is 7.64. The molecule has 2 N–H and O–H groups in total. The highest BCUT2D eigenvalue weighted by molar-refractivity contribution is 6.04. The molecule has 0 bridgehead atoms. The van der Waals surface area contributed by atoms with E-state index in [-0.39, 0.29) is 18.0 Å². The standard InChI is InChI=1S/C22H21N5O4/c1-12-4-7-15(8-5-12)20-14(3)25-26-18(22(29)24-21(20)26)11-19(28)23-16-9-6-13(2)17(10-16)27(30)31/h4-10,18H,11H2,1-3H3,(H,23,28)(H,24,29). The van der Waals surface area contributed by atoms with Gasteiger partial charge in [0.1, 0.15) is 11.9 Å². The Morgan fingerprint density at radius 2 is 1.90 bits per heavy atom. The molecule has 1 unspecified atom stereocenters. The van der Waals surface area contributed by atoms with Crippen molar-refractivity contribution >= 4 is 29.0 Å². The molecule has 9 heteroatoms. The maximum atomic E-state index is 12.6. The summed E-state index contributed by atoms with van der Waals surface area (Å²) in [5.41, 5.74) is 4.35. The molecule has 0 fully saturated rings. The van der Waals surface area contributed by atoms with Crippen molar-refractivity contribution in [3.63, 3.8) is 0 Å². The van der Waals surface area contributed by atoms with Gasteiger partial charge in [-0.15, -0.1) is 0 Å². The predicted octanol–water partition coefficient (Wildman–Crippen LogP) is 3.91. The zero-order chi connectivity index (χ0) is 22.3. The van der Waals surface area contributed by atoms with Crippen LogP contribution in [0.5, 0.6) is 0 Å². The van der Waals surface area contributed by atoms with Crippen LogP contribution in [0.1, 0.15) is 29.3 Å². The summed E-state index contributed by atoms with van der Waals surface area (Å²) in [6.07, 6.45) is -0.144. The maximum absolute atomic E-state index is 12.6. The fraction of sp³-hybridized carbons (Fsp3) is 0.227. The van der Waals surface area contributed by atoms with Gasteiger partial charge < -0.3 is 10.6 Å². The smallest absolute Gasteiger partial charge is 0.274 e. The first-order valence-corrected chi connectivity index (χ1v) is 9.76. The lowest BCUT2D eigenvalue weighted by atomic mass is 10.0. The number of benzene rings is 2. The third-order valence-corrected chi connectivity index (χ3v) is 5.33. The summed E-state index contributed by atoms with van der Waals surface area (Å²) in [5.74, 6) is -0.188. The molecule has 0 radical (unpaired) electrons. The zero-order valence-electron chi connectivity index (χ0n) is 17.3. The summed E-state index contributed by atoms with van der Waals surface area (Å²) >= 11 is 0. The van der Waals surface area contributed by atoms with Crippen LogP contribution in [0, 0.1) is 30.9 Å². The number of nitro benzene ring substituents is 1. The van der Waals surface area contributed by atoms with Gasteiger partial charge in [-0.1, -0.05) is 35.9 Å². The van der Waals surface area contributed by atoms with Crippen molar-refractivity contribution in [1.29, 1.82) is 0 Å². The molecular formula is C22H21N5O4. The molecular weight excluding hydrogens is 398 g/mol. The Bertz CT molecular complexity index is 1210. The molecule has 0 spiro atoms. The van der Waals surface area contributed by atoms with Crippen LogP contribution >= 0.6 is 0 Å². The van der Waals surface area contributed by atoms with E-state index in [2.05, 4.69) is 15.7 Å². The summed E-state index contributed by atoms with van der Waals surface area (Å²) in [4.78, 5) is 35.8. The second-order valence-electron chi connectivity index (χ2n) is 7.64. The summed E-state index contributed by atoms with van der Waals surface area (Å²) < 4.78 is 1.55. The Kier molecular flexibility index (Phi) is 5.02. The minimum Gasteiger partial charge on any atom is -0.326 e. The van der Waals surface area contributed by atoms with E-state index in [0.29, 0.717) is 17.1 Å². The number of amides is 2. The van der Waals surface area contributed by atoms with Gasteiger partial charge in [0, 0.05) is 22.9 Å². The Labute approximate surface area is 178 Å². The van der Waals surface area contributed by atoms with Crippen LogP contribution in [0.15, 0.2) is 42.5 Å². The van der Waals surface area contributed by atoms with E-state index in [1.165, 1.54) is 6.07 Å². The number of nitro groups is 1. The van der Waals surface area contributed by atoms with Crippen LogP contribution in [-0.4, -0.2) is 26.5 Å². The molecule has 4 rings (SSSR count). The van der Waals surface area contributed by atoms with E-state index in [1.807, 2.05) is 38.1 Å². The highest BCUT2D eigenvalue weighted by Crippen LogP contribution is 2.38. The average molecular weight is 419 g/mol. The number of carbonyl (C=O) groups excluding carboxylic acids is 2. The number of nitrogens with zero attached hydrogens (tertiary/aromatic N) is 3. The molecule has 158 valence electrons. The molecule has 1 aromatic heterocycles. The number of carbonyl (C=O) groups is 2. The quantitative estimate of drug-likeness (QED) is 0.480. The molecule has 3 aromatic rings. The van der Waals surface area contributed by atoms with Gasteiger partial charge in [-0.3, -0.25) is 19.7 Å². The highest BCUT2D eigenvalue weighted by Gasteiger charge is 2.36. The Morgan fingerprint density at radius 1 is 1.19 bits per heavy atom. The number of hydrogen-bond acceptors (Lipinski definition) is 5. The molecule has 0 aliphatic carbocycles. The third kappa shape index (κ3) is 3.77. The minimum absolute atomic E-state index is 0.0795. The fourth-order valence-corrected chi connectivity index (χ4v) is 3.72. The highest BCUT2D eigenvalue weighted by atomic mass is 16.6. The zero-order valence-corrected chi connectivity index (χ0v) is 17.3. The number of rotatable bonds is 5. The predicted molar refractivity (Wildman–Crippen MR) is 116 cm³/mol. The van der Waals surface area contributed by atoms with E-state index in [4.69, 9.17) is 0 Å². The molecule has 1 atom stereocenters. The molecule has 1 aliphatic rings. The van der Waals surface area contributed by atoms with Gasteiger partial charge in [0.25, 0.3) is 11.6 Å². The molecule has 2 amide bonds. The van der Waals surface area contributed by atoms with Gasteiger partial charge in [0.05, 0.1) is 17.0 Å². The van der Waals surface area contributed by atoms with E-state index < -0.39 is 16.9 Å². The molecule has 31 heavy (non-hydrogen) atoms. The minimum atomic E-state index is -0.798. The van der Waals surface area contributed by atoms with Crippen molar-refractivity contribution in [1.82, 2.24) is 9.78 Å². The monoisotopic (exact) mass is 419 g/mol. The largest absolute Gasteiger partial charge is 0.326 e. The van der Waals surface area contributed by atoms with Crippen molar-refractivity contribution < 1.29 is 14.5 Å². The summed E-state index contributed by atoms with van der Waals surface area (Å²) in [6, 6.07) is 11.6. The van der Waals surface area contributed by atoms with E-state index in [1.54, 1.807) is 23.7 Å². The summed E-state index contributed by atoms with van der Waals surface area (Å²) in [7, 11) is 0. The van der Waals surface area contributed by atoms with Crippen LogP contribution < -0.4 is 10.6 Å². The lowest BCUT2D eigenvalue weighted by Gasteiger charge is -2.10. The lowest BCUT2D eigenvalue weighted by molar-refractivity contribution is -0.385. The van der Waals surface area contributed by atoms with E-state index >= 15 is 0 Å². The normalized spacial score (nSPS) is 14.8. The van der Waals surface area contributed by atoms with Gasteiger partial charge in [0.15, 0.2) is 0 Å². The van der Waals surface area contributed by atoms with Crippen molar-refractivity contribution in [2.24, 2.45) is 0 Å². The first kappa shape index (κ1) is 20.3. The molecule has 0 saturated heterocycles. The number of fused-ring (bicyclic) bond motifs is 1. The number of aryl methyl sites for hydroxylation is 3. The van der Waals surface area contributed by atoms with Crippen LogP contribution in [0.4, 0.5) is 17.2 Å². The first-order valence-electron chi connectivity index (χ1n) is 9.76. The van der Waals surface area contributed by atoms with Crippen LogP contribution in [0.3, 0.4) is 0 Å². The Hall–Kier alpha value is -4.01. The van der Waals surface area contributed by atoms with Gasteiger partial charge >= 0.3 is 0 Å². The van der Waals surface area contributed by atoms with Gasteiger partial charge in [-0.2, -0.15) is 5.10 Å². The SMILES string of the molecule is Cc1ccc(-c2c(C)nn3c2NC(=O)C3CC(=O)Nc2ccc(C)c([N+](=O)[O-])c2)cc1. The van der Waals surface area contributed by atoms with Crippen molar-refractivity contribution in [3.8, 4) is 11.1 Å². The molecule has 1 aliphatic heterocycles. The lowest BCUT2D eigenvalue weighted by Crippen LogP contribution is -2.23. The van der Waals surface area contributed by atoms with Crippen LogP contribution in [0.2, 0.25) is 0 Å². The van der Waals surface area contributed by atoms with Crippen molar-refractivity contribution in [2.75, 3.05) is 10.6 Å². The second kappa shape index (κ2) is 7.67. The third-order valence-electron chi connectivity index (χ3n) is 5.33. The first-order chi connectivity index (χ1) is 14.7. The Balaban J connectivity index is 1.56. The van der Waals surface area contributed by atoms with Crippen LogP contribution in [-0.2, 0) is 9.59 Å². The van der Waals surface area contributed by atoms with Gasteiger partial charge in [-0.05, 0) is 32.4 Å². The number of anilines is 2. The van der Waals surface area contributed by atoms with E-state index in [9.17, 15) is 19.7 Å². The molecule has 2 aromatic carbocycles. The number of aromatic nitrogens is 2. The molecule has 0 saturated carbocycles. The topological polar surface area (TPSA) is 119 Å². The molecule has 9 nitrogen and oxygen atoms in total. The number of hydrogen-bond donors (Lipinski definition) is 2. The Morgan fingerprint density at radius 3 is 2.58 bits per heavy atom. The van der Waals surface area contributed by atoms with Crippen molar-refractivity contribution in [2.45, 2.75) is 33.2 Å². The van der Waals surface area contributed by atoms with Crippen LogP contribution in [0.25, 0.3) is 11.1 Å².